The molecule has 1 heterocycles. The first kappa shape index (κ1) is 11.8. The molecule has 2 N–H and O–H groups in total. The average molecular weight is 247 g/mol. The van der Waals surface area contributed by atoms with Gasteiger partial charge in [-0.25, -0.2) is 9.59 Å². The zero-order chi connectivity index (χ0) is 13.3. The maximum absolute atomic E-state index is 11.6. The highest BCUT2D eigenvalue weighted by molar-refractivity contribution is 5.84. The average Bonchev–Trinajstić information content (AvgIpc) is 2.30. The summed E-state index contributed by atoms with van der Waals surface area (Å²) in [5.74, 6) is -1.49. The molecule has 0 amide bonds. The van der Waals surface area contributed by atoms with Gasteiger partial charge in [0.25, 0.3) is 5.56 Å². The topological polar surface area (TPSA) is 105 Å². The van der Waals surface area contributed by atoms with Gasteiger partial charge < -0.3 is 5.11 Å². The Balaban J connectivity index is 2.68. The molecule has 0 aliphatic rings. The molecule has 0 fully saturated rings. The third kappa shape index (κ3) is 2.05. The first-order valence-electron chi connectivity index (χ1n) is 5.03. The van der Waals surface area contributed by atoms with Crippen LogP contribution < -0.4 is 11.2 Å². The second-order valence-corrected chi connectivity index (χ2v) is 3.66. The maximum Gasteiger partial charge on any atom is 0.362 e. The van der Waals surface area contributed by atoms with Gasteiger partial charge in [0.05, 0.1) is 5.69 Å². The molecule has 0 bridgehead atoms. The Bertz CT molecular complexity index is 712. The minimum absolute atomic E-state index is 0.379. The summed E-state index contributed by atoms with van der Waals surface area (Å²) in [5, 5.41) is 12.3. The predicted octanol–water partition coefficient (Wildman–Crippen LogP) is -0.0726. The molecule has 92 valence electrons. The minimum atomic E-state index is -1.49. The number of hydrogen-bond acceptors (Lipinski definition) is 4. The van der Waals surface area contributed by atoms with E-state index in [1.807, 2.05) is 11.9 Å². The molecule has 0 aliphatic heterocycles. The molecule has 2 aromatic rings. The molecule has 7 nitrogen and oxygen atoms in total. The lowest BCUT2D eigenvalue weighted by atomic mass is 10.2. The SMILES string of the molecule is Cc1ccc(-n2nc(C(=O)O)c(=O)[nH]c2=O)cc1. The highest BCUT2D eigenvalue weighted by Gasteiger charge is 2.14. The number of benzene rings is 1. The zero-order valence-corrected chi connectivity index (χ0v) is 9.38. The summed E-state index contributed by atoms with van der Waals surface area (Å²) < 4.78 is 0.838. The summed E-state index contributed by atoms with van der Waals surface area (Å²) in [7, 11) is 0. The van der Waals surface area contributed by atoms with Crippen LogP contribution in [-0.4, -0.2) is 25.8 Å². The number of aromatic amines is 1. The second kappa shape index (κ2) is 4.28. The van der Waals surface area contributed by atoms with E-state index in [2.05, 4.69) is 5.10 Å². The monoisotopic (exact) mass is 247 g/mol. The quantitative estimate of drug-likeness (QED) is 0.772. The largest absolute Gasteiger partial charge is 0.476 e. The van der Waals surface area contributed by atoms with Crippen molar-refractivity contribution >= 4 is 5.97 Å². The fourth-order valence-corrected chi connectivity index (χ4v) is 1.40. The molecule has 0 atom stereocenters. The van der Waals surface area contributed by atoms with Crippen LogP contribution in [0.25, 0.3) is 5.69 Å². The van der Waals surface area contributed by atoms with Crippen molar-refractivity contribution < 1.29 is 9.90 Å². The molecule has 0 unspecified atom stereocenters. The van der Waals surface area contributed by atoms with Crippen molar-refractivity contribution in [3.8, 4) is 5.69 Å². The number of aromatic carboxylic acids is 1. The first-order chi connectivity index (χ1) is 8.49. The number of aryl methyl sites for hydroxylation is 1. The van der Waals surface area contributed by atoms with Gasteiger partial charge in [-0.05, 0) is 19.1 Å². The van der Waals surface area contributed by atoms with Gasteiger partial charge in [-0.1, -0.05) is 17.7 Å². The Morgan fingerprint density at radius 3 is 2.44 bits per heavy atom. The number of nitrogens with zero attached hydrogens (tertiary/aromatic N) is 2. The van der Waals surface area contributed by atoms with Crippen molar-refractivity contribution in [3.63, 3.8) is 0 Å². The lowest BCUT2D eigenvalue weighted by Crippen LogP contribution is -2.35. The van der Waals surface area contributed by atoms with E-state index in [9.17, 15) is 14.4 Å². The van der Waals surface area contributed by atoms with Gasteiger partial charge in [-0.15, -0.1) is 0 Å². The molecule has 18 heavy (non-hydrogen) atoms. The van der Waals surface area contributed by atoms with E-state index < -0.39 is 22.9 Å². The van der Waals surface area contributed by atoms with Crippen molar-refractivity contribution in [1.29, 1.82) is 0 Å². The van der Waals surface area contributed by atoms with Gasteiger partial charge in [-0.2, -0.15) is 9.78 Å². The molecule has 2 rings (SSSR count). The Morgan fingerprint density at radius 2 is 1.89 bits per heavy atom. The fraction of sp³-hybridized carbons (Fsp3) is 0.0909. The molecule has 1 aromatic carbocycles. The lowest BCUT2D eigenvalue weighted by molar-refractivity contribution is 0.0685. The molecule has 1 aromatic heterocycles. The number of carboxylic acid groups (broad SMARTS) is 1. The van der Waals surface area contributed by atoms with Crippen LogP contribution >= 0.6 is 0 Å². The number of aromatic nitrogens is 3. The number of carboxylic acids is 1. The fourth-order valence-electron chi connectivity index (χ4n) is 1.40. The summed E-state index contributed by atoms with van der Waals surface area (Å²) in [4.78, 5) is 35.4. The van der Waals surface area contributed by atoms with E-state index >= 15 is 0 Å². The molecule has 7 heteroatoms. The van der Waals surface area contributed by atoms with Crippen molar-refractivity contribution in [2.24, 2.45) is 0 Å². The summed E-state index contributed by atoms with van der Waals surface area (Å²) in [5.41, 5.74) is -1.17. The van der Waals surface area contributed by atoms with Gasteiger partial charge >= 0.3 is 11.7 Å². The number of rotatable bonds is 2. The van der Waals surface area contributed by atoms with Crippen LogP contribution in [0.2, 0.25) is 0 Å². The number of H-pyrrole nitrogens is 1. The van der Waals surface area contributed by atoms with Gasteiger partial charge in [0.1, 0.15) is 0 Å². The lowest BCUT2D eigenvalue weighted by Gasteiger charge is -2.04. The van der Waals surface area contributed by atoms with E-state index in [1.165, 1.54) is 0 Å². The van der Waals surface area contributed by atoms with E-state index in [4.69, 9.17) is 5.11 Å². The molecular formula is C11H9N3O4. The third-order valence-electron chi connectivity index (χ3n) is 2.31. The summed E-state index contributed by atoms with van der Waals surface area (Å²) in [6.07, 6.45) is 0. The minimum Gasteiger partial charge on any atom is -0.476 e. The van der Waals surface area contributed by atoms with Crippen LogP contribution in [0.3, 0.4) is 0 Å². The van der Waals surface area contributed by atoms with E-state index in [0.717, 1.165) is 10.2 Å². The summed E-state index contributed by atoms with van der Waals surface area (Å²) >= 11 is 0. The Morgan fingerprint density at radius 1 is 1.28 bits per heavy atom. The van der Waals surface area contributed by atoms with E-state index in [0.29, 0.717) is 5.69 Å². The molecule has 0 aliphatic carbocycles. The molecule has 0 saturated heterocycles. The summed E-state index contributed by atoms with van der Waals surface area (Å²) in [6.45, 7) is 1.87. The zero-order valence-electron chi connectivity index (χ0n) is 9.38. The van der Waals surface area contributed by atoms with Crippen molar-refractivity contribution in [1.82, 2.24) is 14.8 Å². The van der Waals surface area contributed by atoms with Gasteiger partial charge in [0.2, 0.25) is 5.69 Å². The van der Waals surface area contributed by atoms with Crippen LogP contribution in [0.1, 0.15) is 16.1 Å². The first-order valence-corrected chi connectivity index (χ1v) is 5.03. The molecular weight excluding hydrogens is 238 g/mol. The molecule has 0 spiro atoms. The van der Waals surface area contributed by atoms with Crippen LogP contribution in [0.5, 0.6) is 0 Å². The Hall–Kier alpha value is -2.70. The Kier molecular flexibility index (Phi) is 2.80. The molecule has 0 saturated carbocycles. The van der Waals surface area contributed by atoms with E-state index in [1.54, 1.807) is 24.3 Å². The van der Waals surface area contributed by atoms with Gasteiger partial charge in [0.15, 0.2) is 0 Å². The van der Waals surface area contributed by atoms with Crippen LogP contribution in [0.15, 0.2) is 33.9 Å². The maximum atomic E-state index is 11.6. The van der Waals surface area contributed by atoms with Crippen molar-refractivity contribution in [2.75, 3.05) is 0 Å². The normalized spacial score (nSPS) is 10.3. The molecule has 0 radical (unpaired) electrons. The smallest absolute Gasteiger partial charge is 0.362 e. The second-order valence-electron chi connectivity index (χ2n) is 3.66. The van der Waals surface area contributed by atoms with Crippen molar-refractivity contribution in [3.05, 3.63) is 56.4 Å². The standard InChI is InChI=1S/C11H9N3O4/c1-6-2-4-7(5-3-6)14-11(18)12-9(15)8(13-14)10(16)17/h2-5H,1H3,(H,16,17)(H,12,15,18). The van der Waals surface area contributed by atoms with Crippen LogP contribution in [0.4, 0.5) is 0 Å². The highest BCUT2D eigenvalue weighted by Crippen LogP contribution is 2.05. The highest BCUT2D eigenvalue weighted by atomic mass is 16.4. The van der Waals surface area contributed by atoms with E-state index in [-0.39, 0.29) is 0 Å². The predicted molar refractivity (Wildman–Crippen MR) is 62.2 cm³/mol. The Labute approximate surface area is 100 Å². The number of hydrogen-bond donors (Lipinski definition) is 2. The third-order valence-corrected chi connectivity index (χ3v) is 2.31. The van der Waals surface area contributed by atoms with Crippen LogP contribution in [0, 0.1) is 6.92 Å². The van der Waals surface area contributed by atoms with Crippen molar-refractivity contribution in [2.45, 2.75) is 6.92 Å². The van der Waals surface area contributed by atoms with Gasteiger partial charge in [-0.3, -0.25) is 9.78 Å². The number of carbonyl (C=O) groups is 1. The summed E-state index contributed by atoms with van der Waals surface area (Å²) in [6, 6.07) is 6.70. The number of nitrogens with one attached hydrogen (secondary N) is 1. The van der Waals surface area contributed by atoms with Crippen LogP contribution in [-0.2, 0) is 0 Å². The van der Waals surface area contributed by atoms with Gasteiger partial charge in [0, 0.05) is 0 Å².